The minimum absolute atomic E-state index is 0.287. The molecule has 2 aliphatic heterocycles. The molecule has 1 saturated carbocycles. The van der Waals surface area contributed by atoms with Crippen molar-refractivity contribution < 1.29 is 4.79 Å². The van der Waals surface area contributed by atoms with Crippen LogP contribution in [-0.2, 0) is 0 Å². The molecule has 2 unspecified atom stereocenters. The van der Waals surface area contributed by atoms with E-state index in [-0.39, 0.29) is 6.03 Å². The van der Waals surface area contributed by atoms with Crippen molar-refractivity contribution in [3.05, 3.63) is 0 Å². The van der Waals surface area contributed by atoms with E-state index in [1.807, 2.05) is 4.90 Å². The van der Waals surface area contributed by atoms with Gasteiger partial charge in [-0.1, -0.05) is 20.3 Å². The van der Waals surface area contributed by atoms with Crippen LogP contribution in [0.25, 0.3) is 0 Å². The van der Waals surface area contributed by atoms with Crippen molar-refractivity contribution in [2.45, 2.75) is 26.7 Å². The number of piperidine rings is 1. The average molecular weight is 253 g/mol. The summed E-state index contributed by atoms with van der Waals surface area (Å²) in [5, 5.41) is 0. The lowest BCUT2D eigenvalue weighted by Crippen LogP contribution is -2.51. The molecule has 0 aromatic heterocycles. The van der Waals surface area contributed by atoms with Gasteiger partial charge < -0.3 is 14.7 Å². The van der Waals surface area contributed by atoms with Crippen molar-refractivity contribution in [2.75, 3.05) is 46.3 Å². The molecule has 3 aliphatic rings. The van der Waals surface area contributed by atoms with Gasteiger partial charge in [-0.2, -0.15) is 0 Å². The molecule has 0 bridgehead atoms. The highest BCUT2D eigenvalue weighted by atomic mass is 16.2. The van der Waals surface area contributed by atoms with Crippen LogP contribution < -0.4 is 0 Å². The van der Waals surface area contributed by atoms with Crippen LogP contribution in [0.4, 0.5) is 4.79 Å². The molecule has 0 radical (unpaired) electrons. The second-order valence-corrected chi connectivity index (χ2v) is 5.94. The van der Waals surface area contributed by atoms with E-state index in [0.29, 0.717) is 0 Å². The van der Waals surface area contributed by atoms with Crippen molar-refractivity contribution in [3.8, 4) is 0 Å². The fourth-order valence-corrected chi connectivity index (χ4v) is 2.75. The average Bonchev–Trinajstić information content (AvgIpc) is 2.97. The second-order valence-electron chi connectivity index (χ2n) is 5.94. The molecule has 2 atom stereocenters. The molecular weight excluding hydrogens is 226 g/mol. The van der Waals surface area contributed by atoms with Crippen LogP contribution in [0.1, 0.15) is 26.7 Å². The van der Waals surface area contributed by atoms with E-state index in [1.54, 1.807) is 0 Å². The van der Waals surface area contributed by atoms with E-state index >= 15 is 0 Å². The van der Waals surface area contributed by atoms with Crippen molar-refractivity contribution in [1.82, 2.24) is 14.7 Å². The number of carbonyl (C=O) groups is 1. The van der Waals surface area contributed by atoms with Gasteiger partial charge in [0.1, 0.15) is 0 Å². The highest BCUT2D eigenvalue weighted by Crippen LogP contribution is 2.45. The van der Waals surface area contributed by atoms with Gasteiger partial charge in [-0.25, -0.2) is 4.79 Å². The highest BCUT2D eigenvalue weighted by Gasteiger charge is 2.47. The van der Waals surface area contributed by atoms with Gasteiger partial charge >= 0.3 is 6.03 Å². The van der Waals surface area contributed by atoms with Crippen LogP contribution in [0.3, 0.4) is 0 Å². The lowest BCUT2D eigenvalue weighted by Gasteiger charge is -2.35. The Morgan fingerprint density at radius 3 is 2.00 bits per heavy atom. The van der Waals surface area contributed by atoms with E-state index in [9.17, 15) is 4.79 Å². The number of piperazine rings is 1. The second kappa shape index (κ2) is 5.91. The lowest BCUT2D eigenvalue weighted by molar-refractivity contribution is 0.126. The topological polar surface area (TPSA) is 26.8 Å². The number of fused-ring (bicyclic) bond motifs is 1. The minimum Gasteiger partial charge on any atom is -0.324 e. The molecule has 4 heteroatoms. The summed E-state index contributed by atoms with van der Waals surface area (Å²) in [6, 6.07) is 0.287. The Hall–Kier alpha value is -0.770. The maximum atomic E-state index is 12.1. The molecule has 4 nitrogen and oxygen atoms in total. The maximum Gasteiger partial charge on any atom is 0.320 e. The Bertz CT molecular complexity index is 277. The summed E-state index contributed by atoms with van der Waals surface area (Å²) in [5.41, 5.74) is 0. The van der Waals surface area contributed by atoms with Gasteiger partial charge in [-0.15, -0.1) is 0 Å². The molecular formula is C14H27N3O. The first-order valence-corrected chi connectivity index (χ1v) is 7.38. The van der Waals surface area contributed by atoms with Gasteiger partial charge in [-0.3, -0.25) is 0 Å². The monoisotopic (exact) mass is 253 g/mol. The Morgan fingerprint density at radius 1 is 1.00 bits per heavy atom. The third kappa shape index (κ3) is 3.16. The first-order valence-electron chi connectivity index (χ1n) is 7.38. The molecule has 104 valence electrons. The minimum atomic E-state index is 0.287. The normalized spacial score (nSPS) is 30.6. The van der Waals surface area contributed by atoms with E-state index in [0.717, 1.165) is 51.1 Å². The predicted molar refractivity (Wildman–Crippen MR) is 73.6 cm³/mol. The van der Waals surface area contributed by atoms with E-state index in [4.69, 9.17) is 0 Å². The molecule has 0 spiro atoms. The van der Waals surface area contributed by atoms with Crippen molar-refractivity contribution >= 4 is 6.03 Å². The Kier molecular flexibility index (Phi) is 4.49. The van der Waals surface area contributed by atoms with Crippen LogP contribution in [0.2, 0.25) is 0 Å². The largest absolute Gasteiger partial charge is 0.324 e. The number of nitrogens with zero attached hydrogens (tertiary/aromatic N) is 3. The lowest BCUT2D eigenvalue weighted by atomic mass is 10.3. The van der Waals surface area contributed by atoms with Crippen LogP contribution in [0.5, 0.6) is 0 Å². The summed E-state index contributed by atoms with van der Waals surface area (Å²) in [6.45, 7) is 10.1. The summed E-state index contributed by atoms with van der Waals surface area (Å²) >= 11 is 0. The number of hydrogen-bond donors (Lipinski definition) is 0. The summed E-state index contributed by atoms with van der Waals surface area (Å²) in [6.07, 6.45) is 2.62. The smallest absolute Gasteiger partial charge is 0.320 e. The van der Waals surface area contributed by atoms with Gasteiger partial charge in [0, 0.05) is 39.3 Å². The number of rotatable bonds is 0. The van der Waals surface area contributed by atoms with Crippen LogP contribution in [-0.4, -0.2) is 67.0 Å². The quantitative estimate of drug-likeness (QED) is 0.657. The molecule has 0 aromatic rings. The van der Waals surface area contributed by atoms with Crippen molar-refractivity contribution in [1.29, 1.82) is 0 Å². The Morgan fingerprint density at radius 2 is 1.50 bits per heavy atom. The standard InChI is InChI=1S/C11H19N3O.C3H8/c1-12-2-4-13(5-3-12)11(15)14-7-9-6-10(9)8-14;1-3-2/h9-10H,2-8H2,1H3;3H2,1-2H3. The molecule has 3 rings (SSSR count). The van der Waals surface area contributed by atoms with E-state index < -0.39 is 0 Å². The zero-order valence-electron chi connectivity index (χ0n) is 12.1. The first kappa shape index (κ1) is 13.7. The number of likely N-dealkylation sites (tertiary alicyclic amines) is 1. The van der Waals surface area contributed by atoms with Gasteiger partial charge in [0.2, 0.25) is 0 Å². The number of carbonyl (C=O) groups excluding carboxylic acids is 1. The van der Waals surface area contributed by atoms with Crippen molar-refractivity contribution in [2.24, 2.45) is 11.8 Å². The Labute approximate surface area is 111 Å². The zero-order chi connectivity index (χ0) is 13.1. The Balaban J connectivity index is 0.000000367. The number of likely N-dealkylation sites (N-methyl/N-ethyl adjacent to an activating group) is 1. The molecule has 0 N–H and O–H groups in total. The predicted octanol–water partition coefficient (Wildman–Crippen LogP) is 1.72. The molecule has 2 saturated heterocycles. The van der Waals surface area contributed by atoms with Gasteiger partial charge in [0.25, 0.3) is 0 Å². The molecule has 2 heterocycles. The van der Waals surface area contributed by atoms with Gasteiger partial charge in [0.15, 0.2) is 0 Å². The van der Waals surface area contributed by atoms with Gasteiger partial charge in [0.05, 0.1) is 0 Å². The van der Waals surface area contributed by atoms with Crippen LogP contribution in [0.15, 0.2) is 0 Å². The maximum absolute atomic E-state index is 12.1. The van der Waals surface area contributed by atoms with E-state index in [2.05, 4.69) is 30.7 Å². The SMILES string of the molecule is CCC.CN1CCN(C(=O)N2CC3CC3C2)CC1. The fraction of sp³-hybridized carbons (Fsp3) is 0.929. The van der Waals surface area contributed by atoms with Crippen LogP contribution in [0, 0.1) is 11.8 Å². The highest BCUT2D eigenvalue weighted by molar-refractivity contribution is 5.75. The number of urea groups is 1. The van der Waals surface area contributed by atoms with E-state index in [1.165, 1.54) is 12.8 Å². The summed E-state index contributed by atoms with van der Waals surface area (Å²) in [5.74, 6) is 1.70. The molecule has 18 heavy (non-hydrogen) atoms. The fourth-order valence-electron chi connectivity index (χ4n) is 2.75. The number of hydrogen-bond acceptors (Lipinski definition) is 2. The molecule has 0 aromatic carbocycles. The number of amides is 2. The summed E-state index contributed by atoms with van der Waals surface area (Å²) in [7, 11) is 2.12. The van der Waals surface area contributed by atoms with Crippen molar-refractivity contribution in [3.63, 3.8) is 0 Å². The summed E-state index contributed by atoms with van der Waals surface area (Å²) < 4.78 is 0. The van der Waals surface area contributed by atoms with Gasteiger partial charge in [-0.05, 0) is 25.3 Å². The summed E-state index contributed by atoms with van der Waals surface area (Å²) in [4.78, 5) is 18.5. The molecule has 3 fully saturated rings. The van der Waals surface area contributed by atoms with Crippen LogP contribution >= 0.6 is 0 Å². The zero-order valence-corrected chi connectivity index (χ0v) is 12.1. The third-order valence-electron chi connectivity index (χ3n) is 4.02. The molecule has 2 amide bonds. The molecule has 1 aliphatic carbocycles. The first-order chi connectivity index (χ1) is 8.65. The third-order valence-corrected chi connectivity index (χ3v) is 4.02.